The minimum absolute atomic E-state index is 0.608. The summed E-state index contributed by atoms with van der Waals surface area (Å²) in [6.07, 6.45) is 5.86. The van der Waals surface area contributed by atoms with E-state index in [-0.39, 0.29) is 0 Å². The van der Waals surface area contributed by atoms with E-state index in [9.17, 15) is 0 Å². The first-order chi connectivity index (χ1) is 12.7. The predicted molar refractivity (Wildman–Crippen MR) is 109 cm³/mol. The molecule has 0 saturated carbocycles. The fourth-order valence-corrected chi connectivity index (χ4v) is 4.10. The van der Waals surface area contributed by atoms with Gasteiger partial charge in [0.1, 0.15) is 0 Å². The van der Waals surface area contributed by atoms with Gasteiger partial charge in [-0.15, -0.1) is 0 Å². The Morgan fingerprint density at radius 3 is 2.42 bits per heavy atom. The second-order valence-electron chi connectivity index (χ2n) is 7.63. The van der Waals surface area contributed by atoms with Crippen molar-refractivity contribution in [3.05, 3.63) is 71.4 Å². The molecule has 2 heterocycles. The van der Waals surface area contributed by atoms with E-state index in [2.05, 4.69) is 71.1 Å². The Labute approximate surface area is 156 Å². The van der Waals surface area contributed by atoms with Crippen molar-refractivity contribution in [3.63, 3.8) is 0 Å². The highest BCUT2D eigenvalue weighted by atomic mass is 15.1. The van der Waals surface area contributed by atoms with Crippen LogP contribution in [-0.2, 0) is 13.0 Å². The summed E-state index contributed by atoms with van der Waals surface area (Å²) >= 11 is 0. The monoisotopic (exact) mass is 347 g/mol. The SMILES string of the molecule is Cc1ccc(CCN2CCC(n3ccc4ccc(CN)cc43)CC2)cc1. The van der Waals surface area contributed by atoms with Crippen molar-refractivity contribution in [3.8, 4) is 0 Å². The number of piperidine rings is 1. The van der Waals surface area contributed by atoms with Crippen molar-refractivity contribution in [2.75, 3.05) is 19.6 Å². The van der Waals surface area contributed by atoms with Crippen LogP contribution in [0.25, 0.3) is 10.9 Å². The number of hydrogen-bond acceptors (Lipinski definition) is 2. The molecule has 0 radical (unpaired) electrons. The van der Waals surface area contributed by atoms with Crippen LogP contribution in [-0.4, -0.2) is 29.1 Å². The topological polar surface area (TPSA) is 34.2 Å². The molecule has 1 aliphatic heterocycles. The lowest BCUT2D eigenvalue weighted by Crippen LogP contribution is -2.35. The van der Waals surface area contributed by atoms with Crippen LogP contribution in [0.5, 0.6) is 0 Å². The van der Waals surface area contributed by atoms with Gasteiger partial charge in [0.05, 0.1) is 0 Å². The lowest BCUT2D eigenvalue weighted by Gasteiger charge is -2.33. The molecule has 3 heteroatoms. The third kappa shape index (κ3) is 3.69. The van der Waals surface area contributed by atoms with Gasteiger partial charge in [0, 0.05) is 43.9 Å². The van der Waals surface area contributed by atoms with Crippen molar-refractivity contribution in [2.45, 2.75) is 38.8 Å². The van der Waals surface area contributed by atoms with Crippen molar-refractivity contribution in [2.24, 2.45) is 5.73 Å². The first kappa shape index (κ1) is 17.3. The fourth-order valence-electron chi connectivity index (χ4n) is 4.10. The smallest absolute Gasteiger partial charge is 0.0486 e. The summed E-state index contributed by atoms with van der Waals surface area (Å²) in [5, 5.41) is 1.32. The van der Waals surface area contributed by atoms with Gasteiger partial charge in [-0.2, -0.15) is 0 Å². The van der Waals surface area contributed by atoms with Crippen molar-refractivity contribution in [1.29, 1.82) is 0 Å². The summed E-state index contributed by atoms with van der Waals surface area (Å²) < 4.78 is 2.48. The van der Waals surface area contributed by atoms with Crippen molar-refractivity contribution in [1.82, 2.24) is 9.47 Å². The highest BCUT2D eigenvalue weighted by molar-refractivity contribution is 5.81. The quantitative estimate of drug-likeness (QED) is 0.747. The number of aromatic nitrogens is 1. The van der Waals surface area contributed by atoms with E-state index in [1.54, 1.807) is 0 Å². The maximum atomic E-state index is 5.83. The molecule has 2 N–H and O–H groups in total. The van der Waals surface area contributed by atoms with E-state index in [1.165, 1.54) is 60.1 Å². The number of aryl methyl sites for hydroxylation is 1. The number of likely N-dealkylation sites (tertiary alicyclic amines) is 1. The largest absolute Gasteiger partial charge is 0.344 e. The Hall–Kier alpha value is -2.10. The molecular formula is C23H29N3. The van der Waals surface area contributed by atoms with E-state index < -0.39 is 0 Å². The van der Waals surface area contributed by atoms with Crippen molar-refractivity contribution < 1.29 is 0 Å². The number of rotatable bonds is 5. The first-order valence-corrected chi connectivity index (χ1v) is 9.80. The Balaban J connectivity index is 1.37. The number of nitrogens with two attached hydrogens (primary N) is 1. The standard InChI is InChI=1S/C23H29N3/c1-18-2-4-19(5-3-18)8-12-25-13-10-22(11-14-25)26-15-9-21-7-6-20(17-24)16-23(21)26/h2-7,9,15-16,22H,8,10-14,17,24H2,1H3. The van der Waals surface area contributed by atoms with E-state index in [4.69, 9.17) is 5.73 Å². The fraction of sp³-hybridized carbons (Fsp3) is 0.391. The number of hydrogen-bond donors (Lipinski definition) is 1. The molecule has 1 aliphatic rings. The molecule has 1 aromatic heterocycles. The molecule has 0 aliphatic carbocycles. The summed E-state index contributed by atoms with van der Waals surface area (Å²) in [6, 6.07) is 18.4. The molecule has 26 heavy (non-hydrogen) atoms. The molecule has 3 nitrogen and oxygen atoms in total. The average molecular weight is 348 g/mol. The number of benzene rings is 2. The van der Waals surface area contributed by atoms with E-state index in [0.29, 0.717) is 12.6 Å². The number of nitrogens with zero attached hydrogens (tertiary/aromatic N) is 2. The van der Waals surface area contributed by atoms with Gasteiger partial charge in [-0.1, -0.05) is 42.0 Å². The van der Waals surface area contributed by atoms with E-state index in [1.807, 2.05) is 0 Å². The first-order valence-electron chi connectivity index (χ1n) is 9.80. The summed E-state index contributed by atoms with van der Waals surface area (Å²) in [5.41, 5.74) is 11.2. The van der Waals surface area contributed by atoms with Gasteiger partial charge in [-0.05, 0) is 54.8 Å². The van der Waals surface area contributed by atoms with Gasteiger partial charge in [-0.25, -0.2) is 0 Å². The van der Waals surface area contributed by atoms with Gasteiger partial charge >= 0.3 is 0 Å². The number of fused-ring (bicyclic) bond motifs is 1. The molecule has 1 saturated heterocycles. The molecule has 1 fully saturated rings. The Bertz CT molecular complexity index is 855. The lowest BCUT2D eigenvalue weighted by molar-refractivity contribution is 0.190. The molecule has 0 bridgehead atoms. The van der Waals surface area contributed by atoms with Crippen LogP contribution in [0, 0.1) is 6.92 Å². The summed E-state index contributed by atoms with van der Waals surface area (Å²) in [7, 11) is 0. The lowest BCUT2D eigenvalue weighted by atomic mass is 10.0. The second kappa shape index (κ2) is 7.65. The third-order valence-corrected chi connectivity index (χ3v) is 5.81. The normalized spacial score (nSPS) is 16.4. The van der Waals surface area contributed by atoms with E-state index >= 15 is 0 Å². The minimum Gasteiger partial charge on any atom is -0.344 e. The molecule has 0 atom stereocenters. The molecule has 3 aromatic rings. The Morgan fingerprint density at radius 1 is 0.962 bits per heavy atom. The van der Waals surface area contributed by atoms with Crippen LogP contribution in [0.1, 0.15) is 35.6 Å². The highest BCUT2D eigenvalue weighted by Gasteiger charge is 2.21. The maximum Gasteiger partial charge on any atom is 0.0486 e. The van der Waals surface area contributed by atoms with Gasteiger partial charge in [0.15, 0.2) is 0 Å². The molecule has 2 aromatic carbocycles. The highest BCUT2D eigenvalue weighted by Crippen LogP contribution is 2.28. The Morgan fingerprint density at radius 2 is 1.69 bits per heavy atom. The van der Waals surface area contributed by atoms with Crippen LogP contribution >= 0.6 is 0 Å². The molecule has 136 valence electrons. The zero-order valence-electron chi connectivity index (χ0n) is 15.7. The van der Waals surface area contributed by atoms with Gasteiger partial charge in [-0.3, -0.25) is 0 Å². The van der Waals surface area contributed by atoms with Crippen LogP contribution in [0.3, 0.4) is 0 Å². The predicted octanol–water partition coefficient (Wildman–Crippen LogP) is 4.29. The zero-order chi connectivity index (χ0) is 17.9. The van der Waals surface area contributed by atoms with Gasteiger partial charge < -0.3 is 15.2 Å². The molecule has 0 spiro atoms. The molecule has 4 rings (SSSR count). The summed E-state index contributed by atoms with van der Waals surface area (Å²) in [6.45, 7) is 6.30. The molecule has 0 amide bonds. The summed E-state index contributed by atoms with van der Waals surface area (Å²) in [4.78, 5) is 2.62. The van der Waals surface area contributed by atoms with Crippen LogP contribution in [0.4, 0.5) is 0 Å². The maximum absolute atomic E-state index is 5.83. The van der Waals surface area contributed by atoms with E-state index in [0.717, 1.165) is 6.42 Å². The molecule has 0 unspecified atom stereocenters. The van der Waals surface area contributed by atoms with Crippen LogP contribution < -0.4 is 5.73 Å². The third-order valence-electron chi connectivity index (χ3n) is 5.81. The zero-order valence-corrected chi connectivity index (χ0v) is 15.7. The minimum atomic E-state index is 0.608. The van der Waals surface area contributed by atoms with Gasteiger partial charge in [0.25, 0.3) is 0 Å². The average Bonchev–Trinajstić information content (AvgIpc) is 3.11. The Kier molecular flexibility index (Phi) is 5.09. The molecular weight excluding hydrogens is 318 g/mol. The van der Waals surface area contributed by atoms with Crippen LogP contribution in [0.2, 0.25) is 0 Å². The second-order valence-corrected chi connectivity index (χ2v) is 7.63. The van der Waals surface area contributed by atoms with Gasteiger partial charge in [0.2, 0.25) is 0 Å². The van der Waals surface area contributed by atoms with Crippen LogP contribution in [0.15, 0.2) is 54.7 Å². The summed E-state index contributed by atoms with van der Waals surface area (Å²) in [5.74, 6) is 0. The van der Waals surface area contributed by atoms with Crippen molar-refractivity contribution >= 4 is 10.9 Å².